The molecule has 14 heavy (non-hydrogen) atoms. The molecule has 1 heterocycles. The van der Waals surface area contributed by atoms with Crippen molar-refractivity contribution in [2.75, 3.05) is 6.61 Å². The second kappa shape index (κ2) is 4.11. The number of nitrogens with one attached hydrogen (secondary N) is 1. The Kier molecular flexibility index (Phi) is 2.85. The third-order valence-corrected chi connectivity index (χ3v) is 2.90. The molecule has 2 rings (SSSR count). The molecule has 0 aromatic heterocycles. The van der Waals surface area contributed by atoms with E-state index in [0.29, 0.717) is 18.2 Å². The van der Waals surface area contributed by atoms with Crippen LogP contribution in [0.3, 0.4) is 0 Å². The molecule has 1 aromatic carbocycles. The van der Waals surface area contributed by atoms with Gasteiger partial charge in [-0.05, 0) is 19.4 Å². The maximum Gasteiger partial charge on any atom is 0.0698 e. The molecule has 0 radical (unpaired) electrons. The van der Waals surface area contributed by atoms with Gasteiger partial charge < -0.3 is 10.1 Å². The molecule has 0 amide bonds. The van der Waals surface area contributed by atoms with Crippen molar-refractivity contribution in [3.05, 3.63) is 35.9 Å². The fourth-order valence-corrected chi connectivity index (χ4v) is 1.77. The molecule has 0 spiro atoms. The Morgan fingerprint density at radius 2 is 1.93 bits per heavy atom. The van der Waals surface area contributed by atoms with Gasteiger partial charge in [0.25, 0.3) is 0 Å². The molecule has 0 bridgehead atoms. The topological polar surface area (TPSA) is 21.3 Å². The predicted octanol–water partition coefficient (Wildman–Crippen LogP) is 2.12. The van der Waals surface area contributed by atoms with Crippen LogP contribution in [-0.2, 0) is 4.74 Å². The average Bonchev–Trinajstić information content (AvgIpc) is 2.23. The van der Waals surface area contributed by atoms with Crippen molar-refractivity contribution in [1.29, 1.82) is 0 Å². The molecular formula is C12H17NO. The Balaban J connectivity index is 2.07. The third kappa shape index (κ3) is 1.97. The molecule has 2 heteroatoms. The van der Waals surface area contributed by atoms with Gasteiger partial charge in [0, 0.05) is 6.04 Å². The summed E-state index contributed by atoms with van der Waals surface area (Å²) in [5.74, 6) is 0. The molecule has 1 aromatic rings. The summed E-state index contributed by atoms with van der Waals surface area (Å²) in [6.45, 7) is 5.05. The van der Waals surface area contributed by atoms with Crippen molar-refractivity contribution in [3.8, 4) is 0 Å². The highest BCUT2D eigenvalue weighted by molar-refractivity contribution is 5.19. The summed E-state index contributed by atoms with van der Waals surface area (Å²) in [5.41, 5.74) is 1.31. The first-order valence-electron chi connectivity index (χ1n) is 5.20. The zero-order valence-corrected chi connectivity index (χ0v) is 8.73. The second-order valence-electron chi connectivity index (χ2n) is 3.96. The molecule has 0 saturated carbocycles. The van der Waals surface area contributed by atoms with Gasteiger partial charge in [0.1, 0.15) is 0 Å². The van der Waals surface area contributed by atoms with Crippen LogP contribution < -0.4 is 5.32 Å². The molecule has 76 valence electrons. The molecule has 1 N–H and O–H groups in total. The van der Waals surface area contributed by atoms with Gasteiger partial charge in [-0.25, -0.2) is 0 Å². The summed E-state index contributed by atoms with van der Waals surface area (Å²) in [4.78, 5) is 0. The smallest absolute Gasteiger partial charge is 0.0698 e. The summed E-state index contributed by atoms with van der Waals surface area (Å²) in [5, 5.41) is 3.56. The van der Waals surface area contributed by atoms with Crippen molar-refractivity contribution in [2.45, 2.75) is 32.0 Å². The minimum atomic E-state index is 0.315. The summed E-state index contributed by atoms with van der Waals surface area (Å²) in [6, 6.07) is 11.2. The summed E-state index contributed by atoms with van der Waals surface area (Å²) in [7, 11) is 0. The van der Waals surface area contributed by atoms with Gasteiger partial charge in [0.05, 0.1) is 18.8 Å². The summed E-state index contributed by atoms with van der Waals surface area (Å²) >= 11 is 0. The quantitative estimate of drug-likeness (QED) is 0.734. The van der Waals surface area contributed by atoms with Crippen LogP contribution in [0.2, 0.25) is 0 Å². The van der Waals surface area contributed by atoms with Crippen LogP contribution in [0.25, 0.3) is 0 Å². The van der Waals surface area contributed by atoms with E-state index in [1.807, 2.05) is 6.07 Å². The maximum atomic E-state index is 5.69. The van der Waals surface area contributed by atoms with E-state index in [2.05, 4.69) is 43.4 Å². The summed E-state index contributed by atoms with van der Waals surface area (Å²) in [6.07, 6.45) is 0.315. The standard InChI is InChI=1S/C12H17NO/c1-9-10(2)14-8-12(13-9)11-6-4-3-5-7-11/h3-7,9-10,12-13H,8H2,1-2H3. The van der Waals surface area contributed by atoms with Crippen LogP contribution in [0.5, 0.6) is 0 Å². The molecule has 1 aliphatic heterocycles. The molecule has 0 aliphatic carbocycles. The Morgan fingerprint density at radius 1 is 1.21 bits per heavy atom. The minimum Gasteiger partial charge on any atom is -0.375 e. The van der Waals surface area contributed by atoms with E-state index in [0.717, 1.165) is 6.61 Å². The van der Waals surface area contributed by atoms with Crippen LogP contribution in [0.4, 0.5) is 0 Å². The fourth-order valence-electron chi connectivity index (χ4n) is 1.77. The molecule has 3 unspecified atom stereocenters. The first-order chi connectivity index (χ1) is 6.77. The maximum absolute atomic E-state index is 5.69. The van der Waals surface area contributed by atoms with E-state index in [-0.39, 0.29) is 0 Å². The van der Waals surface area contributed by atoms with Crippen LogP contribution >= 0.6 is 0 Å². The molecule has 2 nitrogen and oxygen atoms in total. The lowest BCUT2D eigenvalue weighted by Crippen LogP contribution is -2.46. The normalized spacial score (nSPS) is 32.9. The van der Waals surface area contributed by atoms with Crippen molar-refractivity contribution in [3.63, 3.8) is 0 Å². The van der Waals surface area contributed by atoms with Gasteiger partial charge in [0.2, 0.25) is 0 Å². The fraction of sp³-hybridized carbons (Fsp3) is 0.500. The lowest BCUT2D eigenvalue weighted by atomic mass is 10.0. The van der Waals surface area contributed by atoms with Gasteiger partial charge in [-0.2, -0.15) is 0 Å². The SMILES string of the molecule is CC1NC(c2ccccc2)COC1C. The third-order valence-electron chi connectivity index (χ3n) is 2.90. The number of hydrogen-bond donors (Lipinski definition) is 1. The Hall–Kier alpha value is -0.860. The van der Waals surface area contributed by atoms with Crippen molar-refractivity contribution < 1.29 is 4.74 Å². The highest BCUT2D eigenvalue weighted by Gasteiger charge is 2.24. The highest BCUT2D eigenvalue weighted by atomic mass is 16.5. The van der Waals surface area contributed by atoms with E-state index in [1.54, 1.807) is 0 Å². The Labute approximate surface area is 85.3 Å². The molecule has 1 saturated heterocycles. The Bertz CT molecular complexity index is 286. The summed E-state index contributed by atoms with van der Waals surface area (Å²) < 4.78 is 5.69. The number of hydrogen-bond acceptors (Lipinski definition) is 2. The predicted molar refractivity (Wildman–Crippen MR) is 57.2 cm³/mol. The van der Waals surface area contributed by atoms with E-state index < -0.39 is 0 Å². The van der Waals surface area contributed by atoms with Gasteiger partial charge in [0.15, 0.2) is 0 Å². The Morgan fingerprint density at radius 3 is 2.57 bits per heavy atom. The largest absolute Gasteiger partial charge is 0.375 e. The van der Waals surface area contributed by atoms with Crippen LogP contribution in [0.1, 0.15) is 25.5 Å². The van der Waals surface area contributed by atoms with Crippen molar-refractivity contribution in [2.24, 2.45) is 0 Å². The zero-order chi connectivity index (χ0) is 9.97. The number of benzene rings is 1. The van der Waals surface area contributed by atoms with E-state index in [9.17, 15) is 0 Å². The first kappa shape index (κ1) is 9.69. The molecule has 1 fully saturated rings. The van der Waals surface area contributed by atoms with Gasteiger partial charge in [-0.1, -0.05) is 30.3 Å². The van der Waals surface area contributed by atoms with Gasteiger partial charge in [-0.3, -0.25) is 0 Å². The van der Waals surface area contributed by atoms with Crippen molar-refractivity contribution >= 4 is 0 Å². The van der Waals surface area contributed by atoms with Crippen LogP contribution in [0, 0.1) is 0 Å². The van der Waals surface area contributed by atoms with Gasteiger partial charge in [-0.15, -0.1) is 0 Å². The van der Waals surface area contributed by atoms with Crippen molar-refractivity contribution in [1.82, 2.24) is 5.32 Å². The number of morpholine rings is 1. The zero-order valence-electron chi connectivity index (χ0n) is 8.73. The monoisotopic (exact) mass is 191 g/mol. The number of rotatable bonds is 1. The molecule has 3 atom stereocenters. The first-order valence-corrected chi connectivity index (χ1v) is 5.20. The number of ether oxygens (including phenoxy) is 1. The van der Waals surface area contributed by atoms with E-state index in [4.69, 9.17) is 4.74 Å². The van der Waals surface area contributed by atoms with E-state index in [1.165, 1.54) is 5.56 Å². The van der Waals surface area contributed by atoms with Gasteiger partial charge >= 0.3 is 0 Å². The highest BCUT2D eigenvalue weighted by Crippen LogP contribution is 2.19. The lowest BCUT2D eigenvalue weighted by molar-refractivity contribution is -0.0123. The second-order valence-corrected chi connectivity index (χ2v) is 3.96. The minimum absolute atomic E-state index is 0.315. The average molecular weight is 191 g/mol. The van der Waals surface area contributed by atoms with Crippen LogP contribution in [0.15, 0.2) is 30.3 Å². The van der Waals surface area contributed by atoms with E-state index >= 15 is 0 Å². The lowest BCUT2D eigenvalue weighted by Gasteiger charge is -2.34. The van der Waals surface area contributed by atoms with Crippen LogP contribution in [-0.4, -0.2) is 18.8 Å². The molecular weight excluding hydrogens is 174 g/mol. The molecule has 1 aliphatic rings.